The fourth-order valence-electron chi connectivity index (χ4n) is 1.58. The summed E-state index contributed by atoms with van der Waals surface area (Å²) in [6.07, 6.45) is 9.40. The van der Waals surface area contributed by atoms with Crippen molar-refractivity contribution in [1.82, 2.24) is 0 Å². The highest BCUT2D eigenvalue weighted by Crippen LogP contribution is 2.13. The molecule has 0 aliphatic carbocycles. The molecule has 0 fully saturated rings. The van der Waals surface area contributed by atoms with Crippen molar-refractivity contribution in [3.8, 4) is 11.8 Å². The zero-order valence-corrected chi connectivity index (χ0v) is 10.4. The van der Waals surface area contributed by atoms with Crippen LogP contribution in [0.3, 0.4) is 0 Å². The summed E-state index contributed by atoms with van der Waals surface area (Å²) >= 11 is 0. The van der Waals surface area contributed by atoms with Gasteiger partial charge in [0.1, 0.15) is 5.75 Å². The lowest BCUT2D eigenvalue weighted by molar-refractivity contribution is 0.415. The summed E-state index contributed by atoms with van der Waals surface area (Å²) in [6, 6.07) is 10.2. The van der Waals surface area contributed by atoms with Crippen LogP contribution in [0.25, 0.3) is 6.08 Å². The highest BCUT2D eigenvalue weighted by atomic mass is 16.5. The topological polar surface area (TPSA) is 33.0 Å². The van der Waals surface area contributed by atoms with Gasteiger partial charge in [-0.3, -0.25) is 0 Å². The lowest BCUT2D eigenvalue weighted by Gasteiger charge is -1.99. The molecule has 0 aliphatic rings. The minimum Gasteiger partial charge on any atom is -0.497 e. The maximum absolute atomic E-state index is 8.39. The van der Waals surface area contributed by atoms with E-state index in [1.54, 1.807) is 7.11 Å². The average Bonchev–Trinajstić information content (AvgIpc) is 2.38. The summed E-state index contributed by atoms with van der Waals surface area (Å²) in [4.78, 5) is 0. The second-order valence-corrected chi connectivity index (χ2v) is 3.93. The number of unbranched alkanes of at least 4 members (excludes halogenated alkanes) is 4. The molecule has 0 aliphatic heterocycles. The first-order chi connectivity index (χ1) is 8.36. The summed E-state index contributed by atoms with van der Waals surface area (Å²) in [6.45, 7) is 0. The van der Waals surface area contributed by atoms with Gasteiger partial charge in [0.2, 0.25) is 0 Å². The number of rotatable bonds is 7. The maximum Gasteiger partial charge on any atom is 0.118 e. The van der Waals surface area contributed by atoms with Crippen molar-refractivity contribution in [3.05, 3.63) is 35.9 Å². The monoisotopic (exact) mass is 229 g/mol. The molecule has 90 valence electrons. The van der Waals surface area contributed by atoms with Crippen LogP contribution in [0.5, 0.6) is 5.75 Å². The molecule has 0 aromatic heterocycles. The third-order valence-electron chi connectivity index (χ3n) is 2.59. The van der Waals surface area contributed by atoms with Crippen LogP contribution in [0, 0.1) is 11.3 Å². The molecule has 0 unspecified atom stereocenters. The molecule has 0 atom stereocenters. The van der Waals surface area contributed by atoms with Crippen LogP contribution in [0.2, 0.25) is 0 Å². The first-order valence-corrected chi connectivity index (χ1v) is 6.04. The zero-order chi connectivity index (χ0) is 12.3. The lowest BCUT2D eigenvalue weighted by atomic mass is 10.1. The molecule has 1 rings (SSSR count). The van der Waals surface area contributed by atoms with Gasteiger partial charge in [-0.25, -0.2) is 0 Å². The van der Waals surface area contributed by atoms with Crippen LogP contribution < -0.4 is 4.74 Å². The van der Waals surface area contributed by atoms with Crippen molar-refractivity contribution in [2.75, 3.05) is 7.11 Å². The van der Waals surface area contributed by atoms with E-state index in [0.29, 0.717) is 6.42 Å². The van der Waals surface area contributed by atoms with E-state index >= 15 is 0 Å². The molecule has 2 nitrogen and oxygen atoms in total. The van der Waals surface area contributed by atoms with Crippen LogP contribution in [0.15, 0.2) is 30.3 Å². The highest BCUT2D eigenvalue weighted by Gasteiger charge is 1.90. The minimum absolute atomic E-state index is 0.683. The number of hydrogen-bond acceptors (Lipinski definition) is 2. The van der Waals surface area contributed by atoms with Gasteiger partial charge in [-0.2, -0.15) is 5.26 Å². The Morgan fingerprint density at radius 3 is 2.59 bits per heavy atom. The van der Waals surface area contributed by atoms with Gasteiger partial charge >= 0.3 is 0 Å². The average molecular weight is 229 g/mol. The summed E-state index contributed by atoms with van der Waals surface area (Å²) < 4.78 is 5.10. The van der Waals surface area contributed by atoms with Gasteiger partial charge in [0.05, 0.1) is 13.2 Å². The molecule has 0 spiro atoms. The Labute approximate surface area is 104 Å². The Morgan fingerprint density at radius 1 is 1.18 bits per heavy atom. The Hall–Kier alpha value is -1.75. The SMILES string of the molecule is COc1ccc(C=CCCCCCC#N)cc1. The zero-order valence-electron chi connectivity index (χ0n) is 10.4. The molecule has 0 saturated carbocycles. The molecule has 0 saturated heterocycles. The number of hydrogen-bond donors (Lipinski definition) is 0. The number of benzene rings is 1. The summed E-state index contributed by atoms with van der Waals surface area (Å²) in [5, 5.41) is 8.39. The van der Waals surface area contributed by atoms with Gasteiger partial charge in [0.25, 0.3) is 0 Å². The number of methoxy groups -OCH3 is 1. The third kappa shape index (κ3) is 5.77. The molecular formula is C15H19NO. The van der Waals surface area contributed by atoms with E-state index in [4.69, 9.17) is 10.00 Å². The first-order valence-electron chi connectivity index (χ1n) is 6.04. The van der Waals surface area contributed by atoms with E-state index in [1.807, 2.05) is 24.3 Å². The molecule has 0 radical (unpaired) electrons. The van der Waals surface area contributed by atoms with Crippen LogP contribution in [-0.4, -0.2) is 7.11 Å². The fraction of sp³-hybridized carbons (Fsp3) is 0.400. The van der Waals surface area contributed by atoms with Crippen LogP contribution in [0.4, 0.5) is 0 Å². The van der Waals surface area contributed by atoms with E-state index in [0.717, 1.165) is 31.4 Å². The van der Waals surface area contributed by atoms with Crippen LogP contribution in [-0.2, 0) is 0 Å². The Morgan fingerprint density at radius 2 is 1.94 bits per heavy atom. The Balaban J connectivity index is 2.21. The van der Waals surface area contributed by atoms with Gasteiger partial charge in [-0.1, -0.05) is 30.7 Å². The van der Waals surface area contributed by atoms with Crippen molar-refractivity contribution >= 4 is 6.08 Å². The largest absolute Gasteiger partial charge is 0.497 e. The van der Waals surface area contributed by atoms with Crippen LogP contribution >= 0.6 is 0 Å². The molecule has 0 N–H and O–H groups in total. The standard InChI is InChI=1S/C15H19NO/c1-17-15-11-9-14(10-12-15)8-6-4-2-3-5-7-13-16/h6,8-12H,2-5,7H2,1H3. The lowest BCUT2D eigenvalue weighted by Crippen LogP contribution is -1.81. The molecule has 0 bridgehead atoms. The first kappa shape index (κ1) is 13.3. The second kappa shape index (κ2) is 8.41. The fourth-order valence-corrected chi connectivity index (χ4v) is 1.58. The van der Waals surface area contributed by atoms with Crippen molar-refractivity contribution in [2.45, 2.75) is 32.1 Å². The van der Waals surface area contributed by atoms with Gasteiger partial charge in [-0.15, -0.1) is 0 Å². The predicted molar refractivity (Wildman–Crippen MR) is 70.7 cm³/mol. The molecule has 1 aromatic carbocycles. The second-order valence-electron chi connectivity index (χ2n) is 3.93. The smallest absolute Gasteiger partial charge is 0.118 e. The quantitative estimate of drug-likeness (QED) is 0.657. The summed E-state index contributed by atoms with van der Waals surface area (Å²) in [7, 11) is 1.67. The molecule has 1 aromatic rings. The minimum atomic E-state index is 0.683. The number of nitriles is 1. The summed E-state index contributed by atoms with van der Waals surface area (Å²) in [5.74, 6) is 0.888. The molecule has 17 heavy (non-hydrogen) atoms. The maximum atomic E-state index is 8.39. The van der Waals surface area contributed by atoms with E-state index in [1.165, 1.54) is 5.56 Å². The van der Waals surface area contributed by atoms with Crippen molar-refractivity contribution < 1.29 is 4.74 Å². The van der Waals surface area contributed by atoms with Crippen molar-refractivity contribution in [3.63, 3.8) is 0 Å². The molecular weight excluding hydrogens is 210 g/mol. The Kier molecular flexibility index (Phi) is 6.59. The van der Waals surface area contributed by atoms with E-state index in [9.17, 15) is 0 Å². The normalized spacial score (nSPS) is 10.4. The number of ether oxygens (including phenoxy) is 1. The molecule has 2 heteroatoms. The predicted octanol–water partition coefficient (Wildman–Crippen LogP) is 4.18. The molecule has 0 amide bonds. The highest BCUT2D eigenvalue weighted by molar-refractivity contribution is 5.50. The number of allylic oxidation sites excluding steroid dienone is 1. The van der Waals surface area contributed by atoms with Gasteiger partial charge in [0, 0.05) is 6.42 Å². The van der Waals surface area contributed by atoms with Crippen molar-refractivity contribution in [1.29, 1.82) is 5.26 Å². The van der Waals surface area contributed by atoms with Crippen LogP contribution in [0.1, 0.15) is 37.7 Å². The number of nitrogens with zero attached hydrogens (tertiary/aromatic N) is 1. The molecule has 0 heterocycles. The van der Waals surface area contributed by atoms with Gasteiger partial charge in [-0.05, 0) is 37.0 Å². The van der Waals surface area contributed by atoms with Gasteiger partial charge < -0.3 is 4.74 Å². The third-order valence-corrected chi connectivity index (χ3v) is 2.59. The van der Waals surface area contributed by atoms with Gasteiger partial charge in [0.15, 0.2) is 0 Å². The Bertz CT molecular complexity index is 373. The summed E-state index contributed by atoms with van der Waals surface area (Å²) in [5.41, 5.74) is 1.20. The van der Waals surface area contributed by atoms with E-state index in [-0.39, 0.29) is 0 Å². The van der Waals surface area contributed by atoms with E-state index < -0.39 is 0 Å². The van der Waals surface area contributed by atoms with E-state index in [2.05, 4.69) is 18.2 Å². The van der Waals surface area contributed by atoms with Crippen molar-refractivity contribution in [2.24, 2.45) is 0 Å².